The second kappa shape index (κ2) is 8.12. The molecule has 2 heterocycles. The molecule has 0 spiro atoms. The molecular weight excluding hydrogens is 295 g/mol. The molecule has 102 valence electrons. The smallest absolute Gasteiger partial charge is 0.223 e. The molecule has 0 saturated carbocycles. The minimum atomic E-state index is 0. The summed E-state index contributed by atoms with van der Waals surface area (Å²) in [6.45, 7) is 3.95. The molecule has 0 bridgehead atoms. The van der Waals surface area contributed by atoms with E-state index in [0.717, 1.165) is 31.1 Å². The summed E-state index contributed by atoms with van der Waals surface area (Å²) in [6, 6.07) is 0. The fourth-order valence-corrected chi connectivity index (χ4v) is 2.35. The first-order valence-corrected chi connectivity index (χ1v) is 6.59. The molecule has 4 nitrogen and oxygen atoms in total. The third-order valence-electron chi connectivity index (χ3n) is 2.99. The molecule has 0 aromatic carbocycles. The summed E-state index contributed by atoms with van der Waals surface area (Å²) in [5, 5.41) is 7.38. The summed E-state index contributed by atoms with van der Waals surface area (Å²) < 4.78 is 0. The molecule has 0 radical (unpaired) electrons. The van der Waals surface area contributed by atoms with E-state index in [0.29, 0.717) is 11.7 Å². The molecule has 2 N–H and O–H groups in total. The number of piperidine rings is 1. The maximum atomic E-state index is 5.97. The van der Waals surface area contributed by atoms with Crippen molar-refractivity contribution in [3.63, 3.8) is 0 Å². The molecule has 0 aliphatic carbocycles. The van der Waals surface area contributed by atoms with Gasteiger partial charge in [0.05, 0.1) is 0 Å². The first kappa shape index (κ1) is 15.9. The molecule has 0 atom stereocenters. The Morgan fingerprint density at radius 2 is 2.06 bits per heavy atom. The average molecular weight is 312 g/mol. The summed E-state index contributed by atoms with van der Waals surface area (Å²) >= 11 is 11.6. The van der Waals surface area contributed by atoms with Crippen LogP contribution in [0, 0.1) is 5.92 Å². The Kier molecular flexibility index (Phi) is 7.19. The van der Waals surface area contributed by atoms with E-state index in [2.05, 4.69) is 20.6 Å². The van der Waals surface area contributed by atoms with Crippen molar-refractivity contribution < 1.29 is 0 Å². The number of aromatic nitrogens is 2. The molecular formula is C11H17Cl3N4. The van der Waals surface area contributed by atoms with Crippen molar-refractivity contribution in [1.82, 2.24) is 20.6 Å². The summed E-state index contributed by atoms with van der Waals surface area (Å²) in [7, 11) is 0. The van der Waals surface area contributed by atoms with Crippen LogP contribution in [0.3, 0.4) is 0 Å². The fourth-order valence-electron chi connectivity index (χ4n) is 1.98. The van der Waals surface area contributed by atoms with E-state index in [1.807, 2.05) is 0 Å². The molecule has 1 aliphatic heterocycles. The van der Waals surface area contributed by atoms with Crippen LogP contribution in [0.5, 0.6) is 0 Å². The monoisotopic (exact) mass is 310 g/mol. The Morgan fingerprint density at radius 3 is 2.72 bits per heavy atom. The van der Waals surface area contributed by atoms with E-state index in [1.165, 1.54) is 12.8 Å². The zero-order chi connectivity index (χ0) is 12.1. The quantitative estimate of drug-likeness (QED) is 0.662. The zero-order valence-corrected chi connectivity index (χ0v) is 12.3. The molecule has 1 saturated heterocycles. The Bertz CT molecular complexity index is 369. The number of nitrogens with zero attached hydrogens (tertiary/aromatic N) is 2. The Hall–Kier alpha value is -0.130. The standard InChI is InChI=1S/C11H16Cl2N4.ClH/c12-10-9(7-16-11(13)17-10)6-15-5-8-1-3-14-4-2-8;/h7-8,14-15H,1-6H2;1H. The predicted octanol–water partition coefficient (Wildman–Crippen LogP) is 2.29. The summed E-state index contributed by atoms with van der Waals surface area (Å²) in [6.07, 6.45) is 4.14. The van der Waals surface area contributed by atoms with Gasteiger partial charge < -0.3 is 10.6 Å². The molecule has 1 aromatic rings. The van der Waals surface area contributed by atoms with Crippen molar-refractivity contribution in [3.05, 3.63) is 22.2 Å². The summed E-state index contributed by atoms with van der Waals surface area (Å²) in [5.74, 6) is 0.753. The van der Waals surface area contributed by atoms with Gasteiger partial charge in [0, 0.05) is 18.3 Å². The van der Waals surface area contributed by atoms with Crippen LogP contribution in [0.25, 0.3) is 0 Å². The van der Waals surface area contributed by atoms with Crippen molar-refractivity contribution in [1.29, 1.82) is 0 Å². The van der Waals surface area contributed by atoms with Gasteiger partial charge in [-0.2, -0.15) is 0 Å². The molecule has 2 rings (SSSR count). The predicted molar refractivity (Wildman–Crippen MR) is 76.6 cm³/mol. The highest BCUT2D eigenvalue weighted by molar-refractivity contribution is 6.32. The number of rotatable bonds is 4. The first-order valence-electron chi connectivity index (χ1n) is 5.84. The van der Waals surface area contributed by atoms with Crippen molar-refractivity contribution >= 4 is 35.6 Å². The lowest BCUT2D eigenvalue weighted by Gasteiger charge is -2.22. The number of halogens is 3. The van der Waals surface area contributed by atoms with Crippen molar-refractivity contribution in [2.45, 2.75) is 19.4 Å². The number of hydrogen-bond acceptors (Lipinski definition) is 4. The van der Waals surface area contributed by atoms with Crippen LogP contribution in [0.1, 0.15) is 18.4 Å². The highest BCUT2D eigenvalue weighted by Crippen LogP contribution is 2.14. The average Bonchev–Trinajstić information content (AvgIpc) is 2.33. The van der Waals surface area contributed by atoms with Gasteiger partial charge in [-0.05, 0) is 50.0 Å². The third kappa shape index (κ3) is 4.86. The van der Waals surface area contributed by atoms with E-state index in [1.54, 1.807) is 6.20 Å². The van der Waals surface area contributed by atoms with Gasteiger partial charge >= 0.3 is 0 Å². The zero-order valence-electron chi connectivity index (χ0n) is 9.96. The summed E-state index contributed by atoms with van der Waals surface area (Å²) in [5.41, 5.74) is 0.894. The number of nitrogens with one attached hydrogen (secondary N) is 2. The molecule has 18 heavy (non-hydrogen) atoms. The maximum absolute atomic E-state index is 5.97. The van der Waals surface area contributed by atoms with Crippen molar-refractivity contribution in [3.8, 4) is 0 Å². The van der Waals surface area contributed by atoms with Gasteiger partial charge in [-0.1, -0.05) is 11.6 Å². The van der Waals surface area contributed by atoms with Gasteiger partial charge in [-0.25, -0.2) is 9.97 Å². The van der Waals surface area contributed by atoms with Crippen LogP contribution in [-0.2, 0) is 6.54 Å². The second-order valence-electron chi connectivity index (χ2n) is 4.28. The van der Waals surface area contributed by atoms with Crippen molar-refractivity contribution in [2.75, 3.05) is 19.6 Å². The third-order valence-corrected chi connectivity index (χ3v) is 3.50. The molecule has 7 heteroatoms. The molecule has 0 unspecified atom stereocenters. The molecule has 1 aliphatic rings. The second-order valence-corrected chi connectivity index (χ2v) is 4.98. The van der Waals surface area contributed by atoms with Gasteiger partial charge in [0.1, 0.15) is 5.15 Å². The van der Waals surface area contributed by atoms with Gasteiger partial charge in [0.2, 0.25) is 5.28 Å². The minimum absolute atomic E-state index is 0. The maximum Gasteiger partial charge on any atom is 0.223 e. The Labute approximate surface area is 123 Å². The molecule has 1 fully saturated rings. The normalized spacial score (nSPS) is 16.3. The van der Waals surface area contributed by atoms with E-state index in [4.69, 9.17) is 23.2 Å². The van der Waals surface area contributed by atoms with Gasteiger partial charge in [-0.15, -0.1) is 12.4 Å². The van der Waals surface area contributed by atoms with Gasteiger partial charge in [-0.3, -0.25) is 0 Å². The Morgan fingerprint density at radius 1 is 1.33 bits per heavy atom. The lowest BCUT2D eigenvalue weighted by atomic mass is 9.98. The minimum Gasteiger partial charge on any atom is -0.317 e. The number of hydrogen-bond donors (Lipinski definition) is 2. The first-order chi connectivity index (χ1) is 8.25. The van der Waals surface area contributed by atoms with Crippen LogP contribution in [0.15, 0.2) is 6.20 Å². The van der Waals surface area contributed by atoms with Crippen LogP contribution in [0.4, 0.5) is 0 Å². The highest BCUT2D eigenvalue weighted by atomic mass is 35.5. The SMILES string of the molecule is Cl.Clc1ncc(CNCC2CCNCC2)c(Cl)n1. The van der Waals surface area contributed by atoms with Gasteiger partial charge in [0.15, 0.2) is 0 Å². The Balaban J connectivity index is 0.00000162. The molecule has 0 amide bonds. The fraction of sp³-hybridized carbons (Fsp3) is 0.636. The lowest BCUT2D eigenvalue weighted by molar-refractivity contribution is 0.356. The van der Waals surface area contributed by atoms with E-state index in [-0.39, 0.29) is 17.7 Å². The van der Waals surface area contributed by atoms with Crippen LogP contribution < -0.4 is 10.6 Å². The highest BCUT2D eigenvalue weighted by Gasteiger charge is 2.12. The van der Waals surface area contributed by atoms with E-state index in [9.17, 15) is 0 Å². The lowest BCUT2D eigenvalue weighted by Crippen LogP contribution is -2.33. The van der Waals surface area contributed by atoms with Gasteiger partial charge in [0.25, 0.3) is 0 Å². The van der Waals surface area contributed by atoms with Crippen LogP contribution in [-0.4, -0.2) is 29.6 Å². The van der Waals surface area contributed by atoms with E-state index >= 15 is 0 Å². The molecule has 1 aromatic heterocycles. The van der Waals surface area contributed by atoms with Crippen LogP contribution in [0.2, 0.25) is 10.4 Å². The van der Waals surface area contributed by atoms with E-state index < -0.39 is 0 Å². The summed E-state index contributed by atoms with van der Waals surface area (Å²) in [4.78, 5) is 7.83. The largest absolute Gasteiger partial charge is 0.317 e. The van der Waals surface area contributed by atoms with Crippen molar-refractivity contribution in [2.24, 2.45) is 5.92 Å². The van der Waals surface area contributed by atoms with Crippen LogP contribution >= 0.6 is 35.6 Å². The topological polar surface area (TPSA) is 49.8 Å².